The molecular weight excluding hydrogens is 270 g/mol. The molecule has 0 spiro atoms. The molecule has 2 heteroatoms. The summed E-state index contributed by atoms with van der Waals surface area (Å²) in [6.45, 7) is 0. The Bertz CT molecular complexity index is 924. The molecule has 108 valence electrons. The molecule has 0 saturated carbocycles. The highest BCUT2D eigenvalue weighted by Crippen LogP contribution is 2.30. The van der Waals surface area contributed by atoms with Gasteiger partial charge < -0.3 is 10.2 Å². The van der Waals surface area contributed by atoms with Crippen LogP contribution in [0.4, 0.5) is 0 Å². The molecule has 2 N–H and O–H groups in total. The van der Waals surface area contributed by atoms with Gasteiger partial charge >= 0.3 is 0 Å². The van der Waals surface area contributed by atoms with Gasteiger partial charge in [-0.2, -0.15) is 0 Å². The molecule has 3 aromatic carbocycles. The normalized spacial score (nSPS) is 12.8. The Morgan fingerprint density at radius 3 is 2.36 bits per heavy atom. The van der Waals surface area contributed by atoms with E-state index in [-0.39, 0.29) is 6.04 Å². The average molecular weight is 287 g/mol. The van der Waals surface area contributed by atoms with Gasteiger partial charge in [-0.25, -0.2) is 0 Å². The van der Waals surface area contributed by atoms with E-state index in [9.17, 15) is 0 Å². The Kier molecular flexibility index (Phi) is 3.17. The zero-order valence-electron chi connectivity index (χ0n) is 12.2. The maximum atomic E-state index is 6.34. The molecule has 1 unspecified atom stereocenters. The fourth-order valence-corrected chi connectivity index (χ4v) is 2.97. The summed E-state index contributed by atoms with van der Waals surface area (Å²) in [6, 6.07) is 24.7. The summed E-state index contributed by atoms with van der Waals surface area (Å²) in [7, 11) is 0. The van der Waals surface area contributed by atoms with Crippen LogP contribution in [0.3, 0.4) is 0 Å². The number of rotatable bonds is 3. The van der Waals surface area contributed by atoms with E-state index in [0.29, 0.717) is 0 Å². The molecule has 0 bridgehead atoms. The predicted molar refractivity (Wildman–Crippen MR) is 90.8 cm³/mol. The Balaban J connectivity index is 1.72. The first-order valence-electron chi connectivity index (χ1n) is 7.52. The van der Waals surface area contributed by atoms with Crippen LogP contribution in [-0.4, -0.2) is 0 Å². The summed E-state index contributed by atoms with van der Waals surface area (Å²) < 4.78 is 5.87. The van der Waals surface area contributed by atoms with Crippen LogP contribution in [0.2, 0.25) is 0 Å². The van der Waals surface area contributed by atoms with Crippen LogP contribution in [0.1, 0.15) is 17.2 Å². The van der Waals surface area contributed by atoms with Crippen molar-refractivity contribution in [2.24, 2.45) is 5.73 Å². The topological polar surface area (TPSA) is 39.2 Å². The van der Waals surface area contributed by atoms with Gasteiger partial charge in [0.2, 0.25) is 0 Å². The minimum atomic E-state index is 0.0109. The van der Waals surface area contributed by atoms with Crippen molar-refractivity contribution in [1.82, 2.24) is 0 Å². The maximum absolute atomic E-state index is 6.34. The molecule has 22 heavy (non-hydrogen) atoms. The average Bonchev–Trinajstić information content (AvgIpc) is 2.94. The zero-order valence-corrected chi connectivity index (χ0v) is 12.2. The standard InChI is InChI=1S/C20H17NO/c21-18(15-6-2-1-3-7-15)13-14-10-11-20-17(12-14)16-8-4-5-9-19(16)22-20/h1-12,18H,13,21H2. The lowest BCUT2D eigenvalue weighted by Crippen LogP contribution is -2.13. The van der Waals surface area contributed by atoms with Crippen molar-refractivity contribution in [2.45, 2.75) is 12.5 Å². The van der Waals surface area contributed by atoms with Gasteiger partial charge in [0.05, 0.1) is 0 Å². The summed E-state index contributed by atoms with van der Waals surface area (Å²) >= 11 is 0. The molecule has 2 nitrogen and oxygen atoms in total. The van der Waals surface area contributed by atoms with Gasteiger partial charge in [-0.15, -0.1) is 0 Å². The Hall–Kier alpha value is -2.58. The number of fused-ring (bicyclic) bond motifs is 3. The number of furan rings is 1. The number of hydrogen-bond donors (Lipinski definition) is 1. The second-order valence-corrected chi connectivity index (χ2v) is 5.65. The maximum Gasteiger partial charge on any atom is 0.135 e. The molecule has 0 aliphatic carbocycles. The van der Waals surface area contributed by atoms with E-state index in [0.717, 1.165) is 28.4 Å². The smallest absolute Gasteiger partial charge is 0.135 e. The lowest BCUT2D eigenvalue weighted by Gasteiger charge is -2.12. The lowest BCUT2D eigenvalue weighted by molar-refractivity contribution is 0.668. The lowest BCUT2D eigenvalue weighted by atomic mass is 9.98. The second kappa shape index (κ2) is 5.32. The van der Waals surface area contributed by atoms with Crippen LogP contribution in [0.5, 0.6) is 0 Å². The van der Waals surface area contributed by atoms with Crippen LogP contribution in [0.15, 0.2) is 77.2 Å². The van der Waals surface area contributed by atoms with Crippen molar-refractivity contribution in [3.63, 3.8) is 0 Å². The molecule has 0 amide bonds. The molecule has 0 fully saturated rings. The summed E-state index contributed by atoms with van der Waals surface area (Å²) in [5.74, 6) is 0. The van der Waals surface area contributed by atoms with Gasteiger partial charge in [0.15, 0.2) is 0 Å². The molecule has 0 aliphatic heterocycles. The van der Waals surface area contributed by atoms with Crippen LogP contribution in [0, 0.1) is 0 Å². The molecule has 0 radical (unpaired) electrons. The molecule has 0 aliphatic rings. The molecule has 0 saturated heterocycles. The van der Waals surface area contributed by atoms with E-state index in [2.05, 4.69) is 30.3 Å². The van der Waals surface area contributed by atoms with E-state index in [1.807, 2.05) is 42.5 Å². The molecule has 4 aromatic rings. The van der Waals surface area contributed by atoms with Crippen molar-refractivity contribution in [3.8, 4) is 0 Å². The van der Waals surface area contributed by atoms with E-state index >= 15 is 0 Å². The van der Waals surface area contributed by atoms with Gasteiger partial charge in [0.25, 0.3) is 0 Å². The minimum Gasteiger partial charge on any atom is -0.456 e. The molecule has 1 aromatic heterocycles. The van der Waals surface area contributed by atoms with Crippen LogP contribution in [0.25, 0.3) is 21.9 Å². The highest BCUT2D eigenvalue weighted by Gasteiger charge is 2.10. The summed E-state index contributed by atoms with van der Waals surface area (Å²) in [5, 5.41) is 2.32. The van der Waals surface area contributed by atoms with Crippen molar-refractivity contribution in [2.75, 3.05) is 0 Å². The van der Waals surface area contributed by atoms with Crippen molar-refractivity contribution < 1.29 is 4.42 Å². The first-order valence-corrected chi connectivity index (χ1v) is 7.52. The number of benzene rings is 3. The highest BCUT2D eigenvalue weighted by molar-refractivity contribution is 6.04. The Morgan fingerprint density at radius 2 is 1.50 bits per heavy atom. The first-order chi connectivity index (χ1) is 10.8. The minimum absolute atomic E-state index is 0.0109. The van der Waals surface area contributed by atoms with Crippen molar-refractivity contribution in [1.29, 1.82) is 0 Å². The number of para-hydroxylation sites is 1. The highest BCUT2D eigenvalue weighted by atomic mass is 16.3. The Labute approximate surface area is 129 Å². The monoisotopic (exact) mass is 287 g/mol. The Morgan fingerprint density at radius 1 is 0.773 bits per heavy atom. The fourth-order valence-electron chi connectivity index (χ4n) is 2.97. The molecule has 1 heterocycles. The van der Waals surface area contributed by atoms with E-state index in [1.165, 1.54) is 11.1 Å². The molecule has 4 rings (SSSR count). The van der Waals surface area contributed by atoms with Crippen LogP contribution >= 0.6 is 0 Å². The van der Waals surface area contributed by atoms with Gasteiger partial charge in [-0.1, -0.05) is 54.6 Å². The van der Waals surface area contributed by atoms with Gasteiger partial charge in [-0.05, 0) is 35.7 Å². The van der Waals surface area contributed by atoms with Gasteiger partial charge in [0.1, 0.15) is 11.2 Å². The van der Waals surface area contributed by atoms with Gasteiger partial charge in [-0.3, -0.25) is 0 Å². The van der Waals surface area contributed by atoms with E-state index in [1.54, 1.807) is 0 Å². The zero-order chi connectivity index (χ0) is 14.9. The van der Waals surface area contributed by atoms with E-state index in [4.69, 9.17) is 10.2 Å². The second-order valence-electron chi connectivity index (χ2n) is 5.65. The third kappa shape index (κ3) is 2.28. The molecular formula is C20H17NO. The first kappa shape index (κ1) is 13.1. The third-order valence-electron chi connectivity index (χ3n) is 4.12. The van der Waals surface area contributed by atoms with E-state index < -0.39 is 0 Å². The SMILES string of the molecule is NC(Cc1ccc2oc3ccccc3c2c1)c1ccccc1. The number of nitrogens with two attached hydrogens (primary N) is 1. The summed E-state index contributed by atoms with van der Waals surface area (Å²) in [6.07, 6.45) is 0.819. The largest absolute Gasteiger partial charge is 0.456 e. The number of hydrogen-bond acceptors (Lipinski definition) is 2. The molecule has 1 atom stereocenters. The summed E-state index contributed by atoms with van der Waals surface area (Å²) in [5.41, 5.74) is 10.6. The third-order valence-corrected chi connectivity index (χ3v) is 4.12. The van der Waals surface area contributed by atoms with Gasteiger partial charge in [0, 0.05) is 16.8 Å². The quantitative estimate of drug-likeness (QED) is 0.586. The van der Waals surface area contributed by atoms with Crippen molar-refractivity contribution >= 4 is 21.9 Å². The summed E-state index contributed by atoms with van der Waals surface area (Å²) in [4.78, 5) is 0. The van der Waals surface area contributed by atoms with Crippen molar-refractivity contribution in [3.05, 3.63) is 83.9 Å². The van der Waals surface area contributed by atoms with Crippen LogP contribution in [-0.2, 0) is 6.42 Å². The van der Waals surface area contributed by atoms with Crippen LogP contribution < -0.4 is 5.73 Å². The fraction of sp³-hybridized carbons (Fsp3) is 0.100. The predicted octanol–water partition coefficient (Wildman–Crippen LogP) is 4.83.